The molecular weight excluding hydrogens is 226 g/mol. The lowest BCUT2D eigenvalue weighted by molar-refractivity contribution is 0.118. The van der Waals surface area contributed by atoms with Gasteiger partial charge < -0.3 is 15.5 Å². The standard InChI is InChI=1S/C14H21N3O/c1-16-10-13(9-15)11-17(14(16)18)8-7-12-5-3-2-4-6-12/h2-6,13H,7-11,15H2,1H3. The molecule has 1 fully saturated rings. The fraction of sp³-hybridized carbons (Fsp3) is 0.500. The van der Waals surface area contributed by atoms with E-state index in [1.165, 1.54) is 5.56 Å². The fourth-order valence-electron chi connectivity index (χ4n) is 2.40. The maximum atomic E-state index is 12.0. The van der Waals surface area contributed by atoms with Crippen molar-refractivity contribution in [3.05, 3.63) is 35.9 Å². The second-order valence-electron chi connectivity index (χ2n) is 4.95. The van der Waals surface area contributed by atoms with Crippen LogP contribution in [0.15, 0.2) is 30.3 Å². The quantitative estimate of drug-likeness (QED) is 0.868. The van der Waals surface area contributed by atoms with Crippen molar-refractivity contribution < 1.29 is 4.79 Å². The molecule has 18 heavy (non-hydrogen) atoms. The third-order valence-electron chi connectivity index (χ3n) is 3.45. The molecule has 2 rings (SSSR count). The molecule has 2 amide bonds. The van der Waals surface area contributed by atoms with E-state index in [9.17, 15) is 4.79 Å². The molecule has 1 heterocycles. The summed E-state index contributed by atoms with van der Waals surface area (Å²) in [7, 11) is 1.85. The SMILES string of the molecule is CN1CC(CN)CN(CCc2ccccc2)C1=O. The molecule has 4 nitrogen and oxygen atoms in total. The molecule has 1 aliphatic rings. The van der Waals surface area contributed by atoms with Crippen molar-refractivity contribution in [2.75, 3.05) is 33.2 Å². The third kappa shape index (κ3) is 3.01. The highest BCUT2D eigenvalue weighted by Crippen LogP contribution is 2.13. The lowest BCUT2D eigenvalue weighted by Gasteiger charge is -2.38. The first-order chi connectivity index (χ1) is 8.70. The summed E-state index contributed by atoms with van der Waals surface area (Å²) >= 11 is 0. The molecule has 1 atom stereocenters. The number of hydrogen-bond donors (Lipinski definition) is 1. The summed E-state index contributed by atoms with van der Waals surface area (Å²) in [6, 6.07) is 10.4. The lowest BCUT2D eigenvalue weighted by atomic mass is 10.1. The summed E-state index contributed by atoms with van der Waals surface area (Å²) in [4.78, 5) is 15.7. The maximum Gasteiger partial charge on any atom is 0.319 e. The van der Waals surface area contributed by atoms with Crippen LogP contribution in [0.5, 0.6) is 0 Å². The van der Waals surface area contributed by atoms with E-state index in [0.717, 1.165) is 26.1 Å². The van der Waals surface area contributed by atoms with Gasteiger partial charge in [0, 0.05) is 32.6 Å². The molecule has 98 valence electrons. The maximum absolute atomic E-state index is 12.0. The molecule has 1 unspecified atom stereocenters. The molecule has 0 bridgehead atoms. The highest BCUT2D eigenvalue weighted by atomic mass is 16.2. The Morgan fingerprint density at radius 1 is 1.28 bits per heavy atom. The smallest absolute Gasteiger partial charge is 0.319 e. The molecule has 4 heteroatoms. The Kier molecular flexibility index (Phi) is 4.20. The molecule has 0 aliphatic carbocycles. The first-order valence-electron chi connectivity index (χ1n) is 6.44. The second kappa shape index (κ2) is 5.87. The van der Waals surface area contributed by atoms with E-state index >= 15 is 0 Å². The van der Waals surface area contributed by atoms with Crippen LogP contribution in [-0.2, 0) is 6.42 Å². The molecule has 0 radical (unpaired) electrons. The van der Waals surface area contributed by atoms with Crippen LogP contribution >= 0.6 is 0 Å². The Morgan fingerprint density at radius 3 is 2.67 bits per heavy atom. The Bertz CT molecular complexity index is 393. The monoisotopic (exact) mass is 247 g/mol. The van der Waals surface area contributed by atoms with Crippen molar-refractivity contribution in [3.8, 4) is 0 Å². The molecule has 2 N–H and O–H groups in total. The summed E-state index contributed by atoms with van der Waals surface area (Å²) in [5, 5.41) is 0. The van der Waals surface area contributed by atoms with Gasteiger partial charge in [0.2, 0.25) is 0 Å². The number of nitrogens with zero attached hydrogens (tertiary/aromatic N) is 2. The first-order valence-corrected chi connectivity index (χ1v) is 6.44. The number of hydrogen-bond acceptors (Lipinski definition) is 2. The van der Waals surface area contributed by atoms with Gasteiger partial charge in [0.15, 0.2) is 0 Å². The van der Waals surface area contributed by atoms with Crippen LogP contribution in [0.1, 0.15) is 5.56 Å². The highest BCUT2D eigenvalue weighted by molar-refractivity contribution is 5.75. The number of rotatable bonds is 4. The minimum absolute atomic E-state index is 0.121. The predicted octanol–water partition coefficient (Wildman–Crippen LogP) is 1.17. The van der Waals surface area contributed by atoms with E-state index in [2.05, 4.69) is 12.1 Å². The number of carbonyl (C=O) groups excluding carboxylic acids is 1. The topological polar surface area (TPSA) is 49.6 Å². The summed E-state index contributed by atoms with van der Waals surface area (Å²) in [6.45, 7) is 2.97. The molecule has 0 spiro atoms. The Morgan fingerprint density at radius 2 is 2.00 bits per heavy atom. The van der Waals surface area contributed by atoms with Gasteiger partial charge in [0.1, 0.15) is 0 Å². The van der Waals surface area contributed by atoms with Gasteiger partial charge >= 0.3 is 6.03 Å². The van der Waals surface area contributed by atoms with Gasteiger partial charge in [0.25, 0.3) is 0 Å². The molecule has 1 aromatic carbocycles. The van der Waals surface area contributed by atoms with Crippen molar-refractivity contribution in [2.45, 2.75) is 6.42 Å². The summed E-state index contributed by atoms with van der Waals surface area (Å²) in [5.41, 5.74) is 6.98. The predicted molar refractivity (Wildman–Crippen MR) is 72.3 cm³/mol. The summed E-state index contributed by atoms with van der Waals surface area (Å²) < 4.78 is 0. The first kappa shape index (κ1) is 12.9. The van der Waals surface area contributed by atoms with E-state index in [0.29, 0.717) is 12.5 Å². The third-order valence-corrected chi connectivity index (χ3v) is 3.45. The zero-order valence-corrected chi connectivity index (χ0v) is 10.9. The molecule has 0 saturated carbocycles. The van der Waals surface area contributed by atoms with E-state index in [1.54, 1.807) is 4.90 Å². The van der Waals surface area contributed by atoms with Gasteiger partial charge in [-0.15, -0.1) is 0 Å². The average Bonchev–Trinajstić information content (AvgIpc) is 2.41. The van der Waals surface area contributed by atoms with E-state index in [1.807, 2.05) is 30.1 Å². The summed E-state index contributed by atoms with van der Waals surface area (Å²) in [6.07, 6.45) is 0.901. The number of amides is 2. The minimum Gasteiger partial charge on any atom is -0.330 e. The average molecular weight is 247 g/mol. The fourth-order valence-corrected chi connectivity index (χ4v) is 2.40. The van der Waals surface area contributed by atoms with Gasteiger partial charge in [-0.25, -0.2) is 4.79 Å². The molecule has 1 aliphatic heterocycles. The number of nitrogens with two attached hydrogens (primary N) is 1. The van der Waals surface area contributed by atoms with Gasteiger partial charge in [-0.05, 0) is 18.5 Å². The van der Waals surface area contributed by atoms with E-state index in [4.69, 9.17) is 5.73 Å². The zero-order valence-electron chi connectivity index (χ0n) is 10.9. The zero-order chi connectivity index (χ0) is 13.0. The van der Waals surface area contributed by atoms with Crippen LogP contribution in [0, 0.1) is 5.92 Å². The Balaban J connectivity index is 1.93. The highest BCUT2D eigenvalue weighted by Gasteiger charge is 2.28. The number of urea groups is 1. The van der Waals surface area contributed by atoms with Gasteiger partial charge in [-0.1, -0.05) is 30.3 Å². The van der Waals surface area contributed by atoms with Crippen LogP contribution in [-0.4, -0.2) is 49.1 Å². The number of carbonyl (C=O) groups is 1. The van der Waals surface area contributed by atoms with Crippen molar-refractivity contribution in [1.29, 1.82) is 0 Å². The van der Waals surface area contributed by atoms with E-state index in [-0.39, 0.29) is 6.03 Å². The molecular formula is C14H21N3O. The van der Waals surface area contributed by atoms with Crippen LogP contribution in [0.25, 0.3) is 0 Å². The Hall–Kier alpha value is -1.55. The van der Waals surface area contributed by atoms with Gasteiger partial charge in [-0.2, -0.15) is 0 Å². The molecule has 1 saturated heterocycles. The summed E-state index contributed by atoms with van der Waals surface area (Å²) in [5.74, 6) is 0.392. The van der Waals surface area contributed by atoms with Gasteiger partial charge in [-0.3, -0.25) is 0 Å². The second-order valence-corrected chi connectivity index (χ2v) is 4.95. The minimum atomic E-state index is 0.121. The van der Waals surface area contributed by atoms with Gasteiger partial charge in [0.05, 0.1) is 0 Å². The van der Waals surface area contributed by atoms with E-state index < -0.39 is 0 Å². The van der Waals surface area contributed by atoms with Crippen LogP contribution in [0.3, 0.4) is 0 Å². The number of benzene rings is 1. The normalized spacial score (nSPS) is 20.3. The van der Waals surface area contributed by atoms with Crippen LogP contribution in [0.2, 0.25) is 0 Å². The van der Waals surface area contributed by atoms with Crippen molar-refractivity contribution in [1.82, 2.24) is 9.80 Å². The van der Waals surface area contributed by atoms with Crippen molar-refractivity contribution >= 4 is 6.03 Å². The largest absolute Gasteiger partial charge is 0.330 e. The van der Waals surface area contributed by atoms with Crippen molar-refractivity contribution in [3.63, 3.8) is 0 Å². The van der Waals surface area contributed by atoms with Crippen LogP contribution in [0.4, 0.5) is 4.79 Å². The van der Waals surface area contributed by atoms with Crippen molar-refractivity contribution in [2.24, 2.45) is 11.7 Å². The lowest BCUT2D eigenvalue weighted by Crippen LogP contribution is -2.53. The molecule has 1 aromatic rings. The Labute approximate surface area is 108 Å². The van der Waals surface area contributed by atoms with Crippen LogP contribution < -0.4 is 5.73 Å². The molecule has 0 aromatic heterocycles.